The molecule has 102 valence electrons. The van der Waals surface area contributed by atoms with Crippen molar-refractivity contribution in [1.82, 2.24) is 0 Å². The Bertz CT molecular complexity index is 183. The third-order valence-electron chi connectivity index (χ3n) is 4.34. The molecule has 1 saturated carbocycles. The van der Waals surface area contributed by atoms with Crippen LogP contribution in [0.4, 0.5) is 8.78 Å². The van der Waals surface area contributed by atoms with E-state index in [1.807, 2.05) is 0 Å². The minimum Gasteiger partial charge on any atom is -0.210 e. The fourth-order valence-corrected chi connectivity index (χ4v) is 3.12. The summed E-state index contributed by atoms with van der Waals surface area (Å²) in [6.07, 6.45) is 8.01. The van der Waals surface area contributed by atoms with Crippen LogP contribution < -0.4 is 0 Å². The van der Waals surface area contributed by atoms with Crippen LogP contribution in [0.15, 0.2) is 0 Å². The van der Waals surface area contributed by atoms with Crippen molar-refractivity contribution in [3.05, 3.63) is 0 Å². The minimum absolute atomic E-state index is 0.301. The second kappa shape index (κ2) is 8.05. The van der Waals surface area contributed by atoms with E-state index in [2.05, 4.69) is 13.8 Å². The monoisotopic (exact) mass is 246 g/mol. The largest absolute Gasteiger partial charge is 0.241 e. The van der Waals surface area contributed by atoms with Gasteiger partial charge in [0.15, 0.2) is 0 Å². The van der Waals surface area contributed by atoms with Crippen LogP contribution in [0.2, 0.25) is 0 Å². The van der Waals surface area contributed by atoms with Gasteiger partial charge in [0, 0.05) is 5.92 Å². The molecular weight excluding hydrogens is 218 g/mol. The summed E-state index contributed by atoms with van der Waals surface area (Å²) >= 11 is 0. The number of halogens is 2. The second-order valence-electron chi connectivity index (χ2n) is 5.94. The van der Waals surface area contributed by atoms with Gasteiger partial charge in [0.25, 0.3) is 0 Å². The van der Waals surface area contributed by atoms with E-state index in [1.54, 1.807) is 0 Å². The van der Waals surface area contributed by atoms with Crippen molar-refractivity contribution in [3.63, 3.8) is 0 Å². The molecule has 1 fully saturated rings. The van der Waals surface area contributed by atoms with E-state index in [0.717, 1.165) is 37.5 Å². The summed E-state index contributed by atoms with van der Waals surface area (Å²) in [6.45, 7) is 4.57. The van der Waals surface area contributed by atoms with Crippen molar-refractivity contribution < 1.29 is 8.78 Å². The van der Waals surface area contributed by atoms with E-state index in [9.17, 15) is 8.78 Å². The molecular formula is C15H28F2. The van der Waals surface area contributed by atoms with Crippen LogP contribution in [0.1, 0.15) is 71.6 Å². The lowest BCUT2D eigenvalue weighted by Gasteiger charge is -2.28. The molecule has 2 heteroatoms. The third-order valence-corrected chi connectivity index (χ3v) is 4.34. The van der Waals surface area contributed by atoms with Gasteiger partial charge >= 0.3 is 0 Å². The Hall–Kier alpha value is -0.140. The maximum atomic E-state index is 12.5. The Morgan fingerprint density at radius 2 is 1.71 bits per heavy atom. The van der Waals surface area contributed by atoms with Crippen LogP contribution >= 0.6 is 0 Å². The van der Waals surface area contributed by atoms with E-state index < -0.39 is 6.43 Å². The van der Waals surface area contributed by atoms with Crippen LogP contribution in [0, 0.1) is 17.8 Å². The predicted octanol–water partition coefficient (Wildman–Crippen LogP) is 5.66. The van der Waals surface area contributed by atoms with E-state index in [1.165, 1.54) is 32.1 Å². The Morgan fingerprint density at radius 3 is 2.24 bits per heavy atom. The summed E-state index contributed by atoms with van der Waals surface area (Å²) < 4.78 is 25.0. The predicted molar refractivity (Wildman–Crippen MR) is 69.4 cm³/mol. The molecule has 0 nitrogen and oxygen atoms in total. The number of alkyl halides is 2. The maximum Gasteiger partial charge on any atom is 0.241 e. The minimum atomic E-state index is -2.08. The van der Waals surface area contributed by atoms with Crippen molar-refractivity contribution in [2.24, 2.45) is 17.8 Å². The first-order valence-electron chi connectivity index (χ1n) is 7.41. The van der Waals surface area contributed by atoms with E-state index in [4.69, 9.17) is 0 Å². The van der Waals surface area contributed by atoms with Crippen molar-refractivity contribution in [1.29, 1.82) is 0 Å². The van der Waals surface area contributed by atoms with Gasteiger partial charge in [-0.05, 0) is 37.5 Å². The summed E-state index contributed by atoms with van der Waals surface area (Å²) in [5.41, 5.74) is 0. The molecule has 1 rings (SSSR count). The molecule has 17 heavy (non-hydrogen) atoms. The van der Waals surface area contributed by atoms with E-state index >= 15 is 0 Å². The van der Waals surface area contributed by atoms with E-state index in [-0.39, 0.29) is 5.92 Å². The molecule has 0 spiro atoms. The summed E-state index contributed by atoms with van der Waals surface area (Å²) in [4.78, 5) is 0. The van der Waals surface area contributed by atoms with Crippen LogP contribution in [-0.4, -0.2) is 6.43 Å². The Labute approximate surface area is 105 Å². The molecule has 1 aliphatic carbocycles. The van der Waals surface area contributed by atoms with Crippen LogP contribution in [0.5, 0.6) is 0 Å². The highest BCUT2D eigenvalue weighted by atomic mass is 19.3. The maximum absolute atomic E-state index is 12.5. The first-order chi connectivity index (χ1) is 8.13. The summed E-state index contributed by atoms with van der Waals surface area (Å²) in [5, 5.41) is 0. The zero-order valence-electron chi connectivity index (χ0n) is 11.4. The summed E-state index contributed by atoms with van der Waals surface area (Å²) in [6, 6.07) is 0. The van der Waals surface area contributed by atoms with Crippen molar-refractivity contribution in [2.75, 3.05) is 0 Å². The molecule has 0 aromatic carbocycles. The van der Waals surface area contributed by atoms with Gasteiger partial charge < -0.3 is 0 Å². The lowest BCUT2D eigenvalue weighted by atomic mass is 9.79. The zero-order valence-corrected chi connectivity index (χ0v) is 11.4. The smallest absolute Gasteiger partial charge is 0.210 e. The van der Waals surface area contributed by atoms with Crippen LogP contribution in [0.3, 0.4) is 0 Å². The quantitative estimate of drug-likeness (QED) is 0.543. The summed E-state index contributed by atoms with van der Waals surface area (Å²) in [5.74, 6) is 1.28. The Morgan fingerprint density at radius 1 is 1.06 bits per heavy atom. The van der Waals surface area contributed by atoms with Gasteiger partial charge in [0.1, 0.15) is 0 Å². The van der Waals surface area contributed by atoms with Crippen LogP contribution in [-0.2, 0) is 0 Å². The van der Waals surface area contributed by atoms with Gasteiger partial charge in [-0.3, -0.25) is 0 Å². The van der Waals surface area contributed by atoms with Gasteiger partial charge in [0.05, 0.1) is 0 Å². The molecule has 0 heterocycles. The number of hydrogen-bond acceptors (Lipinski definition) is 0. The molecule has 0 saturated heterocycles. The van der Waals surface area contributed by atoms with Crippen molar-refractivity contribution >= 4 is 0 Å². The highest BCUT2D eigenvalue weighted by molar-refractivity contribution is 4.74. The molecule has 1 unspecified atom stereocenters. The molecule has 0 aromatic rings. The van der Waals surface area contributed by atoms with E-state index in [0.29, 0.717) is 0 Å². The molecule has 0 amide bonds. The first kappa shape index (κ1) is 14.9. The zero-order chi connectivity index (χ0) is 12.7. The van der Waals surface area contributed by atoms with Crippen LogP contribution in [0.25, 0.3) is 0 Å². The van der Waals surface area contributed by atoms with Gasteiger partial charge in [-0.2, -0.15) is 0 Å². The van der Waals surface area contributed by atoms with Gasteiger partial charge in [0.2, 0.25) is 6.43 Å². The molecule has 0 radical (unpaired) electrons. The third kappa shape index (κ3) is 5.83. The molecule has 0 aliphatic heterocycles. The number of rotatable bonds is 7. The highest BCUT2D eigenvalue weighted by Gasteiger charge is 2.26. The van der Waals surface area contributed by atoms with Gasteiger partial charge in [-0.1, -0.05) is 46.0 Å². The van der Waals surface area contributed by atoms with Crippen molar-refractivity contribution in [3.8, 4) is 0 Å². The average molecular weight is 246 g/mol. The summed E-state index contributed by atoms with van der Waals surface area (Å²) in [7, 11) is 0. The first-order valence-corrected chi connectivity index (χ1v) is 7.41. The fourth-order valence-electron chi connectivity index (χ4n) is 3.12. The molecule has 0 N–H and O–H groups in total. The second-order valence-corrected chi connectivity index (χ2v) is 5.94. The molecule has 0 aromatic heterocycles. The highest BCUT2D eigenvalue weighted by Crippen LogP contribution is 2.35. The topological polar surface area (TPSA) is 0 Å². The van der Waals surface area contributed by atoms with Gasteiger partial charge in [-0.25, -0.2) is 8.78 Å². The SMILES string of the molecule is CCCC(C)CCCC1CCC(C(F)F)CC1. The van der Waals surface area contributed by atoms with Crippen molar-refractivity contribution in [2.45, 2.75) is 78.1 Å². The molecule has 0 bridgehead atoms. The Balaban J connectivity index is 2.06. The number of hydrogen-bond donors (Lipinski definition) is 0. The average Bonchev–Trinajstić information content (AvgIpc) is 2.30. The molecule has 1 aliphatic rings. The fraction of sp³-hybridized carbons (Fsp3) is 1.00. The standard InChI is InChI=1S/C15H28F2/c1-3-5-12(2)6-4-7-13-8-10-14(11-9-13)15(16)17/h12-15H,3-11H2,1-2H3. The lowest BCUT2D eigenvalue weighted by molar-refractivity contribution is 0.0454. The van der Waals surface area contributed by atoms with Gasteiger partial charge in [-0.15, -0.1) is 0 Å². The normalized spacial score (nSPS) is 27.4. The lowest BCUT2D eigenvalue weighted by Crippen LogP contribution is -2.20. The Kier molecular flexibility index (Phi) is 7.06. The molecule has 1 atom stereocenters.